The summed E-state index contributed by atoms with van der Waals surface area (Å²) < 4.78 is 0. The van der Waals surface area contributed by atoms with E-state index in [1.807, 2.05) is 26.0 Å². The number of ketones is 1. The molecule has 0 fully saturated rings. The van der Waals surface area contributed by atoms with Crippen molar-refractivity contribution in [3.8, 4) is 0 Å². The Bertz CT molecular complexity index is 375. The molecule has 0 aliphatic heterocycles. The van der Waals surface area contributed by atoms with Crippen molar-refractivity contribution in [3.63, 3.8) is 0 Å². The summed E-state index contributed by atoms with van der Waals surface area (Å²) in [6, 6.07) is 3.77. The molecule has 0 aliphatic carbocycles. The molecule has 0 spiro atoms. The molecule has 0 unspecified atom stereocenters. The van der Waals surface area contributed by atoms with Gasteiger partial charge in [0.25, 0.3) is 0 Å². The van der Waals surface area contributed by atoms with E-state index in [2.05, 4.69) is 25.8 Å². The summed E-state index contributed by atoms with van der Waals surface area (Å²) in [5, 5.41) is 0. The fraction of sp³-hybridized carbons (Fsp3) is 0.538. The maximum absolute atomic E-state index is 12.0. The second-order valence-corrected chi connectivity index (χ2v) is 5.25. The Hall–Kier alpha value is -1.18. The Kier molecular flexibility index (Phi) is 3.28. The van der Waals surface area contributed by atoms with Crippen LogP contribution in [0.4, 0.5) is 0 Å². The van der Waals surface area contributed by atoms with Gasteiger partial charge in [-0.2, -0.15) is 0 Å². The van der Waals surface area contributed by atoms with E-state index in [-0.39, 0.29) is 11.2 Å². The van der Waals surface area contributed by atoms with E-state index in [1.54, 1.807) is 0 Å². The Balaban J connectivity index is 2.92. The standard InChI is InChI=1S/C13H19NO/c1-9-6-7-11(10(2)14-9)12(15)8-13(3,4)5/h6-7H,8H2,1-5H3. The smallest absolute Gasteiger partial charge is 0.165 e. The Morgan fingerprint density at radius 3 is 2.33 bits per heavy atom. The molecule has 0 aliphatic rings. The topological polar surface area (TPSA) is 30.0 Å². The zero-order valence-corrected chi connectivity index (χ0v) is 10.2. The molecule has 1 aromatic rings. The SMILES string of the molecule is Cc1ccc(C(=O)CC(C)(C)C)c(C)n1. The maximum atomic E-state index is 12.0. The normalized spacial score (nSPS) is 11.5. The Labute approximate surface area is 91.7 Å². The number of pyridine rings is 1. The highest BCUT2D eigenvalue weighted by Crippen LogP contribution is 2.22. The lowest BCUT2D eigenvalue weighted by atomic mass is 9.87. The number of hydrogen-bond donors (Lipinski definition) is 0. The van der Waals surface area contributed by atoms with Gasteiger partial charge in [-0.25, -0.2) is 0 Å². The van der Waals surface area contributed by atoms with Crippen LogP contribution in [0.2, 0.25) is 0 Å². The number of carbonyl (C=O) groups is 1. The molecule has 2 heteroatoms. The molecule has 0 amide bonds. The molecular formula is C13H19NO. The van der Waals surface area contributed by atoms with Gasteiger partial charge in [-0.15, -0.1) is 0 Å². The highest BCUT2D eigenvalue weighted by Gasteiger charge is 2.18. The van der Waals surface area contributed by atoms with Crippen molar-refractivity contribution in [2.24, 2.45) is 5.41 Å². The van der Waals surface area contributed by atoms with Gasteiger partial charge < -0.3 is 0 Å². The van der Waals surface area contributed by atoms with Crippen LogP contribution >= 0.6 is 0 Å². The number of Topliss-reactive ketones (excluding diaryl/α,β-unsaturated/α-hetero) is 1. The second kappa shape index (κ2) is 4.13. The van der Waals surface area contributed by atoms with Gasteiger partial charge in [0.2, 0.25) is 0 Å². The first-order valence-corrected chi connectivity index (χ1v) is 5.27. The summed E-state index contributed by atoms with van der Waals surface area (Å²) in [5.74, 6) is 0.188. The summed E-state index contributed by atoms with van der Waals surface area (Å²) in [6.45, 7) is 10.0. The van der Waals surface area contributed by atoms with E-state index in [1.165, 1.54) is 0 Å². The molecule has 0 saturated heterocycles. The van der Waals surface area contributed by atoms with Crippen LogP contribution in [0.25, 0.3) is 0 Å². The van der Waals surface area contributed by atoms with E-state index in [4.69, 9.17) is 0 Å². The van der Waals surface area contributed by atoms with Gasteiger partial charge in [-0.05, 0) is 31.4 Å². The van der Waals surface area contributed by atoms with E-state index in [9.17, 15) is 4.79 Å². The fourth-order valence-corrected chi connectivity index (χ4v) is 1.56. The molecule has 1 rings (SSSR count). The summed E-state index contributed by atoms with van der Waals surface area (Å²) in [6.07, 6.45) is 0.568. The van der Waals surface area contributed by atoms with Crippen LogP contribution in [-0.4, -0.2) is 10.8 Å². The monoisotopic (exact) mass is 205 g/mol. The number of aryl methyl sites for hydroxylation is 2. The average molecular weight is 205 g/mol. The van der Waals surface area contributed by atoms with Crippen molar-refractivity contribution < 1.29 is 4.79 Å². The van der Waals surface area contributed by atoms with Crippen LogP contribution in [0.15, 0.2) is 12.1 Å². The summed E-state index contributed by atoms with van der Waals surface area (Å²) >= 11 is 0. The lowest BCUT2D eigenvalue weighted by Crippen LogP contribution is -2.14. The first-order valence-electron chi connectivity index (χ1n) is 5.27. The summed E-state index contributed by atoms with van der Waals surface area (Å²) in [5.41, 5.74) is 2.59. The minimum absolute atomic E-state index is 0.0361. The molecule has 0 saturated carbocycles. The quantitative estimate of drug-likeness (QED) is 0.693. The van der Waals surface area contributed by atoms with Gasteiger partial charge in [0.1, 0.15) is 0 Å². The van der Waals surface area contributed by atoms with Gasteiger partial charge in [-0.3, -0.25) is 9.78 Å². The Morgan fingerprint density at radius 1 is 1.27 bits per heavy atom. The van der Waals surface area contributed by atoms with Gasteiger partial charge in [0.15, 0.2) is 5.78 Å². The van der Waals surface area contributed by atoms with Gasteiger partial charge in [0, 0.05) is 23.4 Å². The summed E-state index contributed by atoms with van der Waals surface area (Å²) in [4.78, 5) is 16.3. The van der Waals surface area contributed by atoms with Crippen LogP contribution < -0.4 is 0 Å². The number of carbonyl (C=O) groups excluding carboxylic acids is 1. The number of nitrogens with zero attached hydrogens (tertiary/aromatic N) is 1. The zero-order chi connectivity index (χ0) is 11.6. The minimum Gasteiger partial charge on any atom is -0.294 e. The fourth-order valence-electron chi connectivity index (χ4n) is 1.56. The third-order valence-electron chi connectivity index (χ3n) is 2.22. The van der Waals surface area contributed by atoms with E-state index in [0.717, 1.165) is 17.0 Å². The molecule has 82 valence electrons. The molecule has 0 bridgehead atoms. The minimum atomic E-state index is 0.0361. The molecule has 15 heavy (non-hydrogen) atoms. The van der Waals surface area contributed by atoms with Crippen LogP contribution in [0.5, 0.6) is 0 Å². The van der Waals surface area contributed by atoms with Crippen molar-refractivity contribution in [1.82, 2.24) is 4.98 Å². The molecule has 0 aromatic carbocycles. The number of aromatic nitrogens is 1. The van der Waals surface area contributed by atoms with Crippen LogP contribution in [0.3, 0.4) is 0 Å². The van der Waals surface area contributed by atoms with Gasteiger partial charge in [-0.1, -0.05) is 20.8 Å². The van der Waals surface area contributed by atoms with Crippen molar-refractivity contribution in [1.29, 1.82) is 0 Å². The van der Waals surface area contributed by atoms with E-state index >= 15 is 0 Å². The number of rotatable bonds is 2. The third kappa shape index (κ3) is 3.46. The average Bonchev–Trinajstić information content (AvgIpc) is 1.99. The lowest BCUT2D eigenvalue weighted by molar-refractivity contribution is 0.0939. The highest BCUT2D eigenvalue weighted by atomic mass is 16.1. The highest BCUT2D eigenvalue weighted by molar-refractivity contribution is 5.97. The number of hydrogen-bond acceptors (Lipinski definition) is 2. The second-order valence-electron chi connectivity index (χ2n) is 5.25. The maximum Gasteiger partial charge on any atom is 0.165 e. The predicted octanol–water partition coefficient (Wildman–Crippen LogP) is 3.32. The van der Waals surface area contributed by atoms with Crippen molar-refractivity contribution in [2.45, 2.75) is 41.0 Å². The van der Waals surface area contributed by atoms with Gasteiger partial charge in [0.05, 0.1) is 0 Å². The third-order valence-corrected chi connectivity index (χ3v) is 2.22. The first kappa shape index (κ1) is 11.9. The Morgan fingerprint density at radius 2 is 1.87 bits per heavy atom. The largest absolute Gasteiger partial charge is 0.294 e. The van der Waals surface area contributed by atoms with Crippen molar-refractivity contribution >= 4 is 5.78 Å². The van der Waals surface area contributed by atoms with E-state index < -0.39 is 0 Å². The molecule has 1 heterocycles. The molecule has 0 radical (unpaired) electrons. The zero-order valence-electron chi connectivity index (χ0n) is 10.2. The van der Waals surface area contributed by atoms with Gasteiger partial charge >= 0.3 is 0 Å². The summed E-state index contributed by atoms with van der Waals surface area (Å²) in [7, 11) is 0. The lowest BCUT2D eigenvalue weighted by Gasteiger charge is -2.17. The van der Waals surface area contributed by atoms with E-state index in [0.29, 0.717) is 6.42 Å². The molecule has 2 nitrogen and oxygen atoms in total. The first-order chi connectivity index (χ1) is 6.79. The van der Waals surface area contributed by atoms with Crippen LogP contribution in [-0.2, 0) is 0 Å². The predicted molar refractivity (Wildman–Crippen MR) is 62.1 cm³/mol. The van der Waals surface area contributed by atoms with Crippen LogP contribution in [0.1, 0.15) is 48.9 Å². The van der Waals surface area contributed by atoms with Crippen LogP contribution in [0, 0.1) is 19.3 Å². The molecule has 0 atom stereocenters. The molecule has 0 N–H and O–H groups in total. The van der Waals surface area contributed by atoms with Crippen molar-refractivity contribution in [3.05, 3.63) is 29.1 Å². The molecule has 1 aromatic heterocycles. The molecular weight excluding hydrogens is 186 g/mol. The van der Waals surface area contributed by atoms with Crippen molar-refractivity contribution in [2.75, 3.05) is 0 Å².